The number of thiophene rings is 1. The zero-order valence-corrected chi connectivity index (χ0v) is 14.7. The SMILES string of the molecule is CCc1cc2c(=O)n(CC(C)(C)C(=O)O)c(CCOC)nc2s1. The standard InChI is InChI=1S/C16H22N2O4S/c1-5-10-8-11-13(23-10)17-12(6-7-22-4)18(14(11)19)9-16(2,3)15(20)21/h8H,5-7,9H2,1-4H3,(H,20,21). The van der Waals surface area contributed by atoms with Gasteiger partial charge in [-0.05, 0) is 26.3 Å². The van der Waals surface area contributed by atoms with Crippen LogP contribution in [-0.4, -0.2) is 34.3 Å². The van der Waals surface area contributed by atoms with Gasteiger partial charge in [-0.1, -0.05) is 6.92 Å². The fourth-order valence-corrected chi connectivity index (χ4v) is 3.27. The largest absolute Gasteiger partial charge is 0.481 e. The van der Waals surface area contributed by atoms with Crippen molar-refractivity contribution >= 4 is 27.5 Å². The number of carboxylic acid groups (broad SMARTS) is 1. The quantitative estimate of drug-likeness (QED) is 0.838. The van der Waals surface area contributed by atoms with Crippen molar-refractivity contribution in [2.45, 2.75) is 40.2 Å². The van der Waals surface area contributed by atoms with Crippen molar-refractivity contribution in [3.05, 3.63) is 27.1 Å². The van der Waals surface area contributed by atoms with Gasteiger partial charge in [0.1, 0.15) is 10.7 Å². The number of carbonyl (C=O) groups is 1. The highest BCUT2D eigenvalue weighted by Gasteiger charge is 2.29. The number of fused-ring (bicyclic) bond motifs is 1. The molecule has 0 saturated heterocycles. The van der Waals surface area contributed by atoms with Crippen LogP contribution in [0.2, 0.25) is 0 Å². The Kier molecular flexibility index (Phi) is 5.21. The third-order valence-corrected chi connectivity index (χ3v) is 4.97. The molecule has 0 aromatic carbocycles. The van der Waals surface area contributed by atoms with Crippen LogP contribution in [0.5, 0.6) is 0 Å². The lowest BCUT2D eigenvalue weighted by Crippen LogP contribution is -2.36. The van der Waals surface area contributed by atoms with Gasteiger partial charge in [-0.15, -0.1) is 11.3 Å². The minimum atomic E-state index is -1.05. The molecule has 0 spiro atoms. The van der Waals surface area contributed by atoms with Crippen molar-refractivity contribution in [1.82, 2.24) is 9.55 Å². The van der Waals surface area contributed by atoms with E-state index in [1.54, 1.807) is 21.0 Å². The average molecular weight is 338 g/mol. The molecule has 0 bridgehead atoms. The number of rotatable bonds is 7. The van der Waals surface area contributed by atoms with Gasteiger partial charge in [0, 0.05) is 25.0 Å². The van der Waals surface area contributed by atoms with E-state index < -0.39 is 11.4 Å². The van der Waals surface area contributed by atoms with Crippen molar-refractivity contribution in [1.29, 1.82) is 0 Å². The molecule has 1 N–H and O–H groups in total. The molecular formula is C16H22N2O4S. The summed E-state index contributed by atoms with van der Waals surface area (Å²) in [4.78, 5) is 30.7. The van der Waals surface area contributed by atoms with Gasteiger partial charge in [-0.3, -0.25) is 14.2 Å². The molecule has 2 rings (SSSR count). The van der Waals surface area contributed by atoms with E-state index in [0.717, 1.165) is 11.3 Å². The Morgan fingerprint density at radius 3 is 2.74 bits per heavy atom. The lowest BCUT2D eigenvalue weighted by Gasteiger charge is -2.22. The van der Waals surface area contributed by atoms with E-state index in [2.05, 4.69) is 4.98 Å². The molecule has 0 amide bonds. The van der Waals surface area contributed by atoms with Crippen molar-refractivity contribution < 1.29 is 14.6 Å². The zero-order chi connectivity index (χ0) is 17.2. The van der Waals surface area contributed by atoms with Crippen LogP contribution in [0, 0.1) is 5.41 Å². The van der Waals surface area contributed by atoms with Crippen LogP contribution in [0.1, 0.15) is 31.5 Å². The second-order valence-electron chi connectivity index (χ2n) is 6.14. The number of aryl methyl sites for hydroxylation is 1. The predicted molar refractivity (Wildman–Crippen MR) is 90.3 cm³/mol. The molecule has 6 nitrogen and oxygen atoms in total. The summed E-state index contributed by atoms with van der Waals surface area (Å²) in [6, 6.07) is 1.86. The Morgan fingerprint density at radius 1 is 1.48 bits per heavy atom. The summed E-state index contributed by atoms with van der Waals surface area (Å²) < 4.78 is 6.58. The second kappa shape index (κ2) is 6.80. The van der Waals surface area contributed by atoms with Crippen LogP contribution >= 0.6 is 11.3 Å². The summed E-state index contributed by atoms with van der Waals surface area (Å²) in [5, 5.41) is 9.92. The van der Waals surface area contributed by atoms with Gasteiger partial charge in [0.05, 0.1) is 17.4 Å². The van der Waals surface area contributed by atoms with Crippen LogP contribution in [-0.2, 0) is 28.9 Å². The predicted octanol–water partition coefficient (Wildman–Crippen LogP) is 2.32. The van der Waals surface area contributed by atoms with Crippen LogP contribution in [0.3, 0.4) is 0 Å². The highest BCUT2D eigenvalue weighted by molar-refractivity contribution is 7.18. The van der Waals surface area contributed by atoms with Gasteiger partial charge >= 0.3 is 5.97 Å². The summed E-state index contributed by atoms with van der Waals surface area (Å²) in [5.74, 6) is -0.370. The van der Waals surface area contributed by atoms with Gasteiger partial charge in [-0.2, -0.15) is 0 Å². The first kappa shape index (κ1) is 17.6. The molecule has 126 valence electrons. The molecule has 23 heavy (non-hydrogen) atoms. The smallest absolute Gasteiger partial charge is 0.310 e. The van der Waals surface area contributed by atoms with Gasteiger partial charge < -0.3 is 9.84 Å². The van der Waals surface area contributed by atoms with Crippen LogP contribution in [0.25, 0.3) is 10.2 Å². The van der Waals surface area contributed by atoms with Gasteiger partial charge in [0.2, 0.25) is 0 Å². The maximum Gasteiger partial charge on any atom is 0.310 e. The molecule has 0 fully saturated rings. The highest BCUT2D eigenvalue weighted by atomic mass is 32.1. The molecule has 2 aromatic heterocycles. The summed E-state index contributed by atoms with van der Waals surface area (Å²) >= 11 is 1.51. The van der Waals surface area contributed by atoms with E-state index >= 15 is 0 Å². The molecule has 0 aliphatic carbocycles. The van der Waals surface area contributed by atoms with Crippen LogP contribution in [0.15, 0.2) is 10.9 Å². The number of aromatic nitrogens is 2. The summed E-state index contributed by atoms with van der Waals surface area (Å²) in [6.07, 6.45) is 1.31. The lowest BCUT2D eigenvalue weighted by molar-refractivity contribution is -0.147. The first-order valence-electron chi connectivity index (χ1n) is 7.54. The maximum absolute atomic E-state index is 12.8. The third kappa shape index (κ3) is 3.61. The minimum absolute atomic E-state index is 0.0838. The molecule has 0 aliphatic rings. The maximum atomic E-state index is 12.8. The fraction of sp³-hybridized carbons (Fsp3) is 0.562. The molecule has 0 aliphatic heterocycles. The van der Waals surface area contributed by atoms with E-state index in [4.69, 9.17) is 4.74 Å². The molecule has 0 atom stereocenters. The van der Waals surface area contributed by atoms with Crippen LogP contribution in [0.4, 0.5) is 0 Å². The summed E-state index contributed by atoms with van der Waals surface area (Å²) in [6.45, 7) is 5.76. The Hall–Kier alpha value is -1.73. The molecule has 0 radical (unpaired) electrons. The minimum Gasteiger partial charge on any atom is -0.481 e. The summed E-state index contributed by atoms with van der Waals surface area (Å²) in [5.41, 5.74) is -1.23. The molecule has 0 saturated carbocycles. The van der Waals surface area contributed by atoms with Crippen molar-refractivity contribution in [3.8, 4) is 0 Å². The number of carboxylic acids is 1. The number of aliphatic carboxylic acids is 1. The van der Waals surface area contributed by atoms with E-state index in [0.29, 0.717) is 29.1 Å². The molecule has 2 aromatic rings. The monoisotopic (exact) mass is 338 g/mol. The Labute approximate surface area is 138 Å². The van der Waals surface area contributed by atoms with E-state index in [9.17, 15) is 14.7 Å². The third-order valence-electron chi connectivity index (χ3n) is 3.79. The molecular weight excluding hydrogens is 316 g/mol. The van der Waals surface area contributed by atoms with Gasteiger partial charge in [-0.25, -0.2) is 4.98 Å². The van der Waals surface area contributed by atoms with E-state index in [-0.39, 0.29) is 12.1 Å². The zero-order valence-electron chi connectivity index (χ0n) is 13.9. The Balaban J connectivity index is 2.60. The highest BCUT2D eigenvalue weighted by Crippen LogP contribution is 2.24. The molecule has 2 heterocycles. The number of methoxy groups -OCH3 is 1. The van der Waals surface area contributed by atoms with Gasteiger partial charge in [0.25, 0.3) is 5.56 Å². The van der Waals surface area contributed by atoms with E-state index in [1.165, 1.54) is 15.9 Å². The molecule has 0 unspecified atom stereocenters. The number of hydrogen-bond donors (Lipinski definition) is 1. The van der Waals surface area contributed by atoms with Crippen molar-refractivity contribution in [2.24, 2.45) is 5.41 Å². The first-order valence-corrected chi connectivity index (χ1v) is 8.36. The summed E-state index contributed by atoms with van der Waals surface area (Å²) in [7, 11) is 1.59. The van der Waals surface area contributed by atoms with Crippen molar-refractivity contribution in [3.63, 3.8) is 0 Å². The van der Waals surface area contributed by atoms with Gasteiger partial charge in [0.15, 0.2) is 0 Å². The van der Waals surface area contributed by atoms with Crippen LogP contribution < -0.4 is 5.56 Å². The normalized spacial score (nSPS) is 12.0. The average Bonchev–Trinajstić information content (AvgIpc) is 2.91. The first-order chi connectivity index (χ1) is 10.8. The molecule has 7 heteroatoms. The van der Waals surface area contributed by atoms with E-state index in [1.807, 2.05) is 13.0 Å². The number of nitrogens with zero attached hydrogens (tertiary/aromatic N) is 2. The van der Waals surface area contributed by atoms with Crippen molar-refractivity contribution in [2.75, 3.05) is 13.7 Å². The Morgan fingerprint density at radius 2 is 2.17 bits per heavy atom. The Bertz CT molecular complexity index is 776. The second-order valence-corrected chi connectivity index (χ2v) is 7.25. The topological polar surface area (TPSA) is 81.4 Å². The lowest BCUT2D eigenvalue weighted by atomic mass is 9.93. The fourth-order valence-electron chi connectivity index (χ4n) is 2.29. The number of hydrogen-bond acceptors (Lipinski definition) is 5. The number of ether oxygens (including phenoxy) is 1.